The molecule has 0 bridgehead atoms. The third-order valence-corrected chi connectivity index (χ3v) is 6.91. The van der Waals surface area contributed by atoms with E-state index in [0.717, 1.165) is 17.5 Å². The molecule has 9 heteroatoms. The van der Waals surface area contributed by atoms with Crippen molar-refractivity contribution in [3.05, 3.63) is 96.2 Å². The SMILES string of the molecule is CCCC1=C(C(=O)OCC)[C@@H](c2cccc(OC)c2)n2c(s/c(=C/c3ccc(C(=O)OC)cc3)c2=O)=N1. The molecule has 1 aliphatic heterocycles. The van der Waals surface area contributed by atoms with Crippen molar-refractivity contribution in [2.45, 2.75) is 32.7 Å². The van der Waals surface area contributed by atoms with Gasteiger partial charge in [0, 0.05) is 0 Å². The molecule has 4 rings (SSSR count). The number of rotatable bonds is 8. The van der Waals surface area contributed by atoms with Crippen LogP contribution in [0.25, 0.3) is 6.08 Å². The largest absolute Gasteiger partial charge is 0.497 e. The fourth-order valence-corrected chi connectivity index (χ4v) is 5.25. The van der Waals surface area contributed by atoms with Gasteiger partial charge in [-0.25, -0.2) is 14.6 Å². The summed E-state index contributed by atoms with van der Waals surface area (Å²) in [5, 5.41) is 0. The minimum absolute atomic E-state index is 0.207. The zero-order valence-corrected chi connectivity index (χ0v) is 22.0. The molecular weight excluding hydrogens is 492 g/mol. The number of fused-ring (bicyclic) bond motifs is 1. The van der Waals surface area contributed by atoms with Crippen LogP contribution in [0.2, 0.25) is 0 Å². The van der Waals surface area contributed by atoms with Crippen LogP contribution in [0.15, 0.2) is 69.6 Å². The number of nitrogens with zero attached hydrogens (tertiary/aromatic N) is 2. The molecule has 0 N–H and O–H groups in total. The van der Waals surface area contributed by atoms with Crippen molar-refractivity contribution in [2.24, 2.45) is 4.99 Å². The number of hydrogen-bond donors (Lipinski definition) is 0. The van der Waals surface area contributed by atoms with Gasteiger partial charge in [0.15, 0.2) is 4.80 Å². The van der Waals surface area contributed by atoms with Crippen molar-refractivity contribution in [3.63, 3.8) is 0 Å². The molecule has 0 saturated carbocycles. The number of methoxy groups -OCH3 is 2. The predicted molar refractivity (Wildman–Crippen MR) is 140 cm³/mol. The number of ether oxygens (including phenoxy) is 3. The number of carbonyl (C=O) groups is 2. The minimum Gasteiger partial charge on any atom is -0.497 e. The molecule has 1 aliphatic rings. The molecule has 0 radical (unpaired) electrons. The second kappa shape index (κ2) is 11.4. The lowest BCUT2D eigenvalue weighted by atomic mass is 9.94. The Morgan fingerprint density at radius 3 is 2.49 bits per heavy atom. The van der Waals surface area contributed by atoms with Gasteiger partial charge in [-0.2, -0.15) is 0 Å². The Balaban J connectivity index is 1.93. The molecule has 2 heterocycles. The Hall–Kier alpha value is -3.98. The fraction of sp³-hybridized carbons (Fsp3) is 0.286. The van der Waals surface area contributed by atoms with Crippen molar-refractivity contribution in [1.29, 1.82) is 0 Å². The maximum absolute atomic E-state index is 13.8. The van der Waals surface area contributed by atoms with Gasteiger partial charge in [-0.05, 0) is 54.8 Å². The first-order valence-electron chi connectivity index (χ1n) is 12.0. The van der Waals surface area contributed by atoms with E-state index in [1.165, 1.54) is 18.4 Å². The molecule has 37 heavy (non-hydrogen) atoms. The minimum atomic E-state index is -0.712. The third kappa shape index (κ3) is 5.27. The van der Waals surface area contributed by atoms with Gasteiger partial charge in [-0.1, -0.05) is 48.9 Å². The topological polar surface area (TPSA) is 96.2 Å². The van der Waals surface area contributed by atoms with Crippen molar-refractivity contribution in [2.75, 3.05) is 20.8 Å². The van der Waals surface area contributed by atoms with Crippen LogP contribution in [0, 0.1) is 0 Å². The van der Waals surface area contributed by atoms with Crippen LogP contribution in [0.4, 0.5) is 0 Å². The van der Waals surface area contributed by atoms with E-state index >= 15 is 0 Å². The van der Waals surface area contributed by atoms with E-state index in [-0.39, 0.29) is 12.2 Å². The summed E-state index contributed by atoms with van der Waals surface area (Å²) >= 11 is 1.26. The Morgan fingerprint density at radius 2 is 1.84 bits per heavy atom. The number of esters is 2. The van der Waals surface area contributed by atoms with Crippen LogP contribution in [0.5, 0.6) is 5.75 Å². The van der Waals surface area contributed by atoms with Gasteiger partial charge in [0.2, 0.25) is 0 Å². The Bertz CT molecular complexity index is 1530. The number of allylic oxidation sites excluding steroid dienone is 1. The summed E-state index contributed by atoms with van der Waals surface area (Å²) in [5.41, 5.74) is 2.59. The summed E-state index contributed by atoms with van der Waals surface area (Å²) in [6.45, 7) is 3.97. The van der Waals surface area contributed by atoms with Gasteiger partial charge < -0.3 is 14.2 Å². The van der Waals surface area contributed by atoms with Gasteiger partial charge in [0.25, 0.3) is 5.56 Å². The summed E-state index contributed by atoms with van der Waals surface area (Å²) in [5.74, 6) is -0.308. The molecule has 3 aromatic rings. The molecule has 1 aromatic heterocycles. The highest BCUT2D eigenvalue weighted by Gasteiger charge is 2.34. The van der Waals surface area contributed by atoms with Crippen molar-refractivity contribution in [3.8, 4) is 5.75 Å². The van der Waals surface area contributed by atoms with Crippen LogP contribution in [0.3, 0.4) is 0 Å². The molecule has 0 amide bonds. The molecule has 8 nitrogen and oxygen atoms in total. The Kier molecular flexibility index (Phi) is 8.03. The summed E-state index contributed by atoms with van der Waals surface area (Å²) in [6, 6.07) is 13.4. The maximum atomic E-state index is 13.8. The smallest absolute Gasteiger partial charge is 0.338 e. The number of aromatic nitrogens is 1. The van der Waals surface area contributed by atoms with E-state index in [1.807, 2.05) is 31.2 Å². The first-order valence-corrected chi connectivity index (χ1v) is 12.8. The van der Waals surface area contributed by atoms with E-state index in [0.29, 0.717) is 38.3 Å². The average molecular weight is 521 g/mol. The summed E-state index contributed by atoms with van der Waals surface area (Å²) in [6.07, 6.45) is 3.09. The molecule has 0 unspecified atom stereocenters. The molecule has 0 saturated heterocycles. The zero-order valence-electron chi connectivity index (χ0n) is 21.1. The van der Waals surface area contributed by atoms with Gasteiger partial charge >= 0.3 is 11.9 Å². The molecule has 1 atom stereocenters. The molecule has 0 aliphatic carbocycles. The molecule has 0 spiro atoms. The lowest BCUT2D eigenvalue weighted by Gasteiger charge is -2.26. The molecule has 0 fully saturated rings. The summed E-state index contributed by atoms with van der Waals surface area (Å²) in [7, 11) is 2.90. The van der Waals surface area contributed by atoms with Crippen molar-refractivity contribution < 1.29 is 23.8 Å². The maximum Gasteiger partial charge on any atom is 0.338 e. The summed E-state index contributed by atoms with van der Waals surface area (Å²) < 4.78 is 17.6. The number of hydrogen-bond acceptors (Lipinski definition) is 8. The van der Waals surface area contributed by atoms with Crippen LogP contribution < -0.4 is 19.6 Å². The third-order valence-electron chi connectivity index (χ3n) is 5.93. The van der Waals surface area contributed by atoms with Gasteiger partial charge in [0.1, 0.15) is 5.75 Å². The van der Waals surface area contributed by atoms with Gasteiger partial charge in [-0.3, -0.25) is 9.36 Å². The van der Waals surface area contributed by atoms with Crippen LogP contribution in [0.1, 0.15) is 54.2 Å². The summed E-state index contributed by atoms with van der Waals surface area (Å²) in [4.78, 5) is 44.0. The van der Waals surface area contributed by atoms with Crippen molar-refractivity contribution in [1.82, 2.24) is 4.57 Å². The van der Waals surface area contributed by atoms with E-state index in [4.69, 9.17) is 19.2 Å². The average Bonchev–Trinajstić information content (AvgIpc) is 3.22. The lowest BCUT2D eigenvalue weighted by molar-refractivity contribution is -0.139. The van der Waals surface area contributed by atoms with E-state index in [2.05, 4.69) is 0 Å². The zero-order chi connectivity index (χ0) is 26.5. The van der Waals surface area contributed by atoms with Crippen molar-refractivity contribution >= 4 is 29.4 Å². The second-order valence-electron chi connectivity index (χ2n) is 8.30. The van der Waals surface area contributed by atoms with Crippen LogP contribution >= 0.6 is 11.3 Å². The first kappa shape index (κ1) is 26.1. The number of benzene rings is 2. The quantitative estimate of drug-likeness (QED) is 0.423. The van der Waals surface area contributed by atoms with E-state index < -0.39 is 18.0 Å². The van der Waals surface area contributed by atoms with Gasteiger partial charge in [-0.15, -0.1) is 0 Å². The molecular formula is C28H28N2O6S. The number of carbonyl (C=O) groups excluding carboxylic acids is 2. The predicted octanol–water partition coefficient (Wildman–Crippen LogP) is 3.37. The van der Waals surface area contributed by atoms with Gasteiger partial charge in [0.05, 0.1) is 48.2 Å². The first-order chi connectivity index (χ1) is 17.9. The highest BCUT2D eigenvalue weighted by atomic mass is 32.1. The molecule has 2 aromatic carbocycles. The monoisotopic (exact) mass is 520 g/mol. The Labute approximate surface area is 218 Å². The van der Waals surface area contributed by atoms with Crippen LogP contribution in [-0.2, 0) is 14.3 Å². The standard InChI is InChI=1S/C28H28N2O6S/c1-5-8-21-23(27(33)36-6-2)24(19-9-7-10-20(16-19)34-3)30-25(31)22(37-28(30)29-21)15-17-11-13-18(14-12-17)26(32)35-4/h7,9-16,24H,5-6,8H2,1-4H3/b22-15+/t24-/m1/s1. The number of thiazole rings is 1. The second-order valence-corrected chi connectivity index (χ2v) is 9.31. The fourth-order valence-electron chi connectivity index (χ4n) is 4.23. The normalized spacial score (nSPS) is 15.1. The van der Waals surface area contributed by atoms with Crippen LogP contribution in [-0.4, -0.2) is 37.3 Å². The van der Waals surface area contributed by atoms with E-state index in [9.17, 15) is 14.4 Å². The lowest BCUT2D eigenvalue weighted by Crippen LogP contribution is -2.40. The molecule has 192 valence electrons. The highest BCUT2D eigenvalue weighted by molar-refractivity contribution is 7.07. The van der Waals surface area contributed by atoms with E-state index in [1.54, 1.807) is 48.9 Å². The highest BCUT2D eigenvalue weighted by Crippen LogP contribution is 2.33. The Morgan fingerprint density at radius 1 is 1.08 bits per heavy atom.